The molecule has 1 fully saturated rings. The molecular weight excluding hydrogens is 290 g/mol. The molecule has 124 valence electrons. The van der Waals surface area contributed by atoms with Gasteiger partial charge in [-0.1, -0.05) is 32.0 Å². The summed E-state index contributed by atoms with van der Waals surface area (Å²) in [7, 11) is 0. The van der Waals surface area contributed by atoms with Crippen LogP contribution in [-0.2, 0) is 0 Å². The van der Waals surface area contributed by atoms with E-state index in [1.165, 1.54) is 0 Å². The van der Waals surface area contributed by atoms with Gasteiger partial charge in [0.25, 0.3) is 5.91 Å². The highest BCUT2D eigenvalue weighted by Gasteiger charge is 2.39. The zero-order valence-electron chi connectivity index (χ0n) is 14.1. The highest BCUT2D eigenvalue weighted by atomic mass is 16.3. The van der Waals surface area contributed by atoms with Crippen LogP contribution in [0.15, 0.2) is 34.9 Å². The Labute approximate surface area is 137 Å². The minimum Gasteiger partial charge on any atom is -0.463 e. The quantitative estimate of drug-likeness (QED) is 0.940. The Morgan fingerprint density at radius 1 is 1.43 bits per heavy atom. The largest absolute Gasteiger partial charge is 0.463 e. The Morgan fingerprint density at radius 3 is 2.91 bits per heavy atom. The summed E-state index contributed by atoms with van der Waals surface area (Å²) < 4.78 is 5.50. The van der Waals surface area contributed by atoms with Crippen LogP contribution in [0.3, 0.4) is 0 Å². The van der Waals surface area contributed by atoms with Crippen LogP contribution in [0.2, 0.25) is 0 Å². The fraction of sp³-hybridized carbons (Fsp3) is 0.526. The summed E-state index contributed by atoms with van der Waals surface area (Å²) in [6, 6.07) is 7.60. The number of para-hydroxylation sites is 1. The maximum Gasteiger partial charge on any atom is 0.257 e. The molecule has 2 aromatic rings. The molecular formula is C19H25NO3. The smallest absolute Gasteiger partial charge is 0.257 e. The number of rotatable bonds is 3. The second-order valence-electron chi connectivity index (χ2n) is 7.33. The zero-order chi connectivity index (χ0) is 16.6. The fourth-order valence-corrected chi connectivity index (χ4v) is 3.52. The van der Waals surface area contributed by atoms with Crippen molar-refractivity contribution in [2.24, 2.45) is 11.8 Å². The molecule has 23 heavy (non-hydrogen) atoms. The molecule has 1 aromatic carbocycles. The monoisotopic (exact) mass is 315 g/mol. The predicted octanol–water partition coefficient (Wildman–Crippen LogP) is 3.69. The van der Waals surface area contributed by atoms with Gasteiger partial charge in [-0.15, -0.1) is 0 Å². The van der Waals surface area contributed by atoms with E-state index in [0.717, 1.165) is 17.4 Å². The highest BCUT2D eigenvalue weighted by molar-refractivity contribution is 6.05. The summed E-state index contributed by atoms with van der Waals surface area (Å²) in [5, 5.41) is 11.5. The van der Waals surface area contributed by atoms with Gasteiger partial charge in [0.05, 0.1) is 11.2 Å². The van der Waals surface area contributed by atoms with Gasteiger partial charge >= 0.3 is 0 Å². The molecule has 2 atom stereocenters. The van der Waals surface area contributed by atoms with E-state index in [-0.39, 0.29) is 11.8 Å². The summed E-state index contributed by atoms with van der Waals surface area (Å²) >= 11 is 0. The third kappa shape index (κ3) is 3.13. The van der Waals surface area contributed by atoms with Crippen molar-refractivity contribution in [3.8, 4) is 0 Å². The second kappa shape index (κ2) is 6.00. The number of hydrogen-bond acceptors (Lipinski definition) is 3. The number of amides is 1. The third-order valence-corrected chi connectivity index (χ3v) is 4.96. The first-order valence-electron chi connectivity index (χ1n) is 8.36. The first-order chi connectivity index (χ1) is 10.9. The standard InChI is InChI=1S/C19H25NO3/c1-13(2)10-14-11-20(9-8-19(14,3)22)18(21)16-12-23-17-7-5-4-6-15(16)17/h4-7,12-14,22H,8-11H2,1-3H3/t14-,19+/m0/s1. The van der Waals surface area contributed by atoms with Crippen LogP contribution in [-0.4, -0.2) is 34.6 Å². The number of piperidine rings is 1. The van der Waals surface area contributed by atoms with E-state index in [2.05, 4.69) is 13.8 Å². The number of furan rings is 1. The van der Waals surface area contributed by atoms with Crippen molar-refractivity contribution in [2.45, 2.75) is 39.2 Å². The van der Waals surface area contributed by atoms with E-state index in [0.29, 0.717) is 31.0 Å². The molecule has 0 aliphatic carbocycles. The van der Waals surface area contributed by atoms with Gasteiger partial charge in [0.1, 0.15) is 11.8 Å². The van der Waals surface area contributed by atoms with E-state index >= 15 is 0 Å². The van der Waals surface area contributed by atoms with Gasteiger partial charge in [0, 0.05) is 24.4 Å². The van der Waals surface area contributed by atoms with Crippen LogP contribution in [0.5, 0.6) is 0 Å². The van der Waals surface area contributed by atoms with Gasteiger partial charge in [-0.25, -0.2) is 0 Å². The van der Waals surface area contributed by atoms with Crippen molar-refractivity contribution in [2.75, 3.05) is 13.1 Å². The minimum atomic E-state index is -0.695. The molecule has 0 saturated carbocycles. The van der Waals surface area contributed by atoms with E-state index < -0.39 is 5.60 Å². The Hall–Kier alpha value is -1.81. The van der Waals surface area contributed by atoms with Gasteiger partial charge in [0.2, 0.25) is 0 Å². The van der Waals surface area contributed by atoms with Crippen LogP contribution in [0.4, 0.5) is 0 Å². The third-order valence-electron chi connectivity index (χ3n) is 4.96. The van der Waals surface area contributed by atoms with Crippen molar-refractivity contribution < 1.29 is 14.3 Å². The topological polar surface area (TPSA) is 53.7 Å². The van der Waals surface area contributed by atoms with Gasteiger partial charge in [0.15, 0.2) is 0 Å². The molecule has 0 spiro atoms. The number of aliphatic hydroxyl groups is 1. The number of carbonyl (C=O) groups excluding carboxylic acids is 1. The summed E-state index contributed by atoms with van der Waals surface area (Å²) in [6.45, 7) is 7.39. The predicted molar refractivity (Wildman–Crippen MR) is 90.3 cm³/mol. The molecule has 1 N–H and O–H groups in total. The number of nitrogens with zero attached hydrogens (tertiary/aromatic N) is 1. The lowest BCUT2D eigenvalue weighted by Crippen LogP contribution is -2.52. The summed E-state index contributed by atoms with van der Waals surface area (Å²) in [5.74, 6) is 0.605. The first kappa shape index (κ1) is 16.1. The Morgan fingerprint density at radius 2 is 2.17 bits per heavy atom. The lowest BCUT2D eigenvalue weighted by atomic mass is 9.78. The molecule has 1 saturated heterocycles. The normalized spacial score (nSPS) is 25.3. The molecule has 0 unspecified atom stereocenters. The van der Waals surface area contributed by atoms with Crippen LogP contribution >= 0.6 is 0 Å². The number of carbonyl (C=O) groups is 1. The van der Waals surface area contributed by atoms with Gasteiger partial charge < -0.3 is 14.4 Å². The highest BCUT2D eigenvalue weighted by Crippen LogP contribution is 2.33. The van der Waals surface area contributed by atoms with Crippen molar-refractivity contribution in [3.63, 3.8) is 0 Å². The van der Waals surface area contributed by atoms with E-state index in [1.54, 1.807) is 6.26 Å². The number of likely N-dealkylation sites (tertiary alicyclic amines) is 1. The van der Waals surface area contributed by atoms with Crippen molar-refractivity contribution >= 4 is 16.9 Å². The molecule has 0 bridgehead atoms. The molecule has 3 rings (SSSR count). The van der Waals surface area contributed by atoms with Gasteiger partial charge in [-0.2, -0.15) is 0 Å². The number of hydrogen-bond donors (Lipinski definition) is 1. The SMILES string of the molecule is CC(C)C[C@H]1CN(C(=O)c2coc3ccccc23)CC[C@@]1(C)O. The Kier molecular flexibility index (Phi) is 4.19. The van der Waals surface area contributed by atoms with Gasteiger partial charge in [-0.05, 0) is 31.7 Å². The van der Waals surface area contributed by atoms with E-state index in [9.17, 15) is 9.90 Å². The van der Waals surface area contributed by atoms with Crippen LogP contribution < -0.4 is 0 Å². The number of fused-ring (bicyclic) bond motifs is 1. The van der Waals surface area contributed by atoms with E-state index in [4.69, 9.17) is 4.42 Å². The molecule has 4 nitrogen and oxygen atoms in total. The summed E-state index contributed by atoms with van der Waals surface area (Å²) in [5.41, 5.74) is 0.656. The average molecular weight is 315 g/mol. The Balaban J connectivity index is 1.82. The lowest BCUT2D eigenvalue weighted by Gasteiger charge is -2.43. The molecule has 1 aliphatic rings. The summed E-state index contributed by atoms with van der Waals surface area (Å²) in [6.07, 6.45) is 3.09. The maximum absolute atomic E-state index is 12.9. The molecule has 2 heterocycles. The molecule has 0 radical (unpaired) electrons. The van der Waals surface area contributed by atoms with Crippen LogP contribution in [0, 0.1) is 11.8 Å². The molecule has 1 amide bonds. The molecule has 4 heteroatoms. The number of benzene rings is 1. The van der Waals surface area contributed by atoms with Crippen LogP contribution in [0.25, 0.3) is 11.0 Å². The lowest BCUT2D eigenvalue weighted by molar-refractivity contribution is -0.0576. The molecule has 1 aliphatic heterocycles. The van der Waals surface area contributed by atoms with Crippen molar-refractivity contribution in [3.05, 3.63) is 36.1 Å². The van der Waals surface area contributed by atoms with Gasteiger partial charge in [-0.3, -0.25) is 4.79 Å². The fourth-order valence-electron chi connectivity index (χ4n) is 3.52. The Bertz CT molecular complexity index is 701. The second-order valence-corrected chi connectivity index (χ2v) is 7.33. The van der Waals surface area contributed by atoms with Crippen molar-refractivity contribution in [1.82, 2.24) is 4.90 Å². The van der Waals surface area contributed by atoms with Crippen LogP contribution in [0.1, 0.15) is 44.0 Å². The summed E-state index contributed by atoms with van der Waals surface area (Å²) in [4.78, 5) is 14.8. The first-order valence-corrected chi connectivity index (χ1v) is 8.36. The minimum absolute atomic E-state index is 0.000735. The molecule has 1 aromatic heterocycles. The van der Waals surface area contributed by atoms with E-state index in [1.807, 2.05) is 36.1 Å². The van der Waals surface area contributed by atoms with Crippen molar-refractivity contribution in [1.29, 1.82) is 0 Å². The maximum atomic E-state index is 12.9. The zero-order valence-corrected chi connectivity index (χ0v) is 14.1. The average Bonchev–Trinajstić information content (AvgIpc) is 2.92.